The number of benzene rings is 1. The number of rotatable bonds is 6. The lowest BCUT2D eigenvalue weighted by molar-refractivity contribution is -0.384. The van der Waals surface area contributed by atoms with Crippen molar-refractivity contribution in [2.24, 2.45) is 0 Å². The Bertz CT molecular complexity index is 621. The van der Waals surface area contributed by atoms with Gasteiger partial charge in [0.15, 0.2) is 4.34 Å². The van der Waals surface area contributed by atoms with Crippen LogP contribution >= 0.6 is 34.9 Å². The fourth-order valence-electron chi connectivity index (χ4n) is 1.35. The minimum Gasteiger partial charge on any atom is -0.384 e. The second-order valence-corrected chi connectivity index (χ2v) is 6.14. The molecular weight excluding hydrogens is 322 g/mol. The Balaban J connectivity index is 2.09. The van der Waals surface area contributed by atoms with Gasteiger partial charge in [-0.05, 0) is 17.6 Å². The highest BCUT2D eigenvalue weighted by atomic mass is 35.5. The number of hydrogen-bond donors (Lipinski definition) is 0. The Morgan fingerprint density at radius 1 is 1.55 bits per heavy atom. The zero-order valence-electron chi connectivity index (χ0n) is 10.4. The van der Waals surface area contributed by atoms with Gasteiger partial charge in [0, 0.05) is 30.6 Å². The zero-order valence-corrected chi connectivity index (χ0v) is 12.8. The van der Waals surface area contributed by atoms with Crippen LogP contribution in [-0.2, 0) is 11.2 Å². The molecule has 0 bridgehead atoms. The summed E-state index contributed by atoms with van der Waals surface area (Å²) in [5, 5.41) is 11.0. The first-order valence-corrected chi connectivity index (χ1v) is 7.50. The summed E-state index contributed by atoms with van der Waals surface area (Å²) in [6, 6.07) is 4.36. The number of nitro groups is 1. The summed E-state index contributed by atoms with van der Waals surface area (Å²) in [7, 11) is 1.62. The molecule has 0 aliphatic carbocycles. The lowest BCUT2D eigenvalue weighted by atomic mass is 10.3. The van der Waals surface area contributed by atoms with E-state index in [1.54, 1.807) is 13.2 Å². The Hall–Kier alpha value is -1.22. The van der Waals surface area contributed by atoms with Crippen LogP contribution in [0.1, 0.15) is 5.82 Å². The maximum Gasteiger partial charge on any atom is 0.270 e. The smallest absolute Gasteiger partial charge is 0.270 e. The number of ether oxygens (including phenoxy) is 1. The van der Waals surface area contributed by atoms with Crippen molar-refractivity contribution in [1.29, 1.82) is 0 Å². The van der Waals surface area contributed by atoms with E-state index in [4.69, 9.17) is 16.3 Å². The van der Waals surface area contributed by atoms with Gasteiger partial charge in [0.05, 0.1) is 16.6 Å². The molecule has 0 radical (unpaired) electrons. The third-order valence-electron chi connectivity index (χ3n) is 2.30. The van der Waals surface area contributed by atoms with Crippen LogP contribution in [0.15, 0.2) is 27.4 Å². The van der Waals surface area contributed by atoms with Gasteiger partial charge in [0.25, 0.3) is 5.69 Å². The van der Waals surface area contributed by atoms with E-state index in [0.29, 0.717) is 22.9 Å². The van der Waals surface area contributed by atoms with E-state index in [-0.39, 0.29) is 5.69 Å². The third kappa shape index (κ3) is 3.89. The number of nitro benzene ring substituents is 1. The summed E-state index contributed by atoms with van der Waals surface area (Å²) in [4.78, 5) is 15.2. The predicted molar refractivity (Wildman–Crippen MR) is 77.7 cm³/mol. The minimum absolute atomic E-state index is 0.0302. The van der Waals surface area contributed by atoms with E-state index >= 15 is 0 Å². The fraction of sp³-hybridized carbons (Fsp3) is 0.273. The first-order valence-electron chi connectivity index (χ1n) is 5.53. The highest BCUT2D eigenvalue weighted by Gasteiger charge is 2.12. The molecule has 0 aliphatic heterocycles. The van der Waals surface area contributed by atoms with Crippen LogP contribution in [0.25, 0.3) is 0 Å². The molecule has 0 fully saturated rings. The summed E-state index contributed by atoms with van der Waals surface area (Å²) >= 11 is 8.63. The normalized spacial score (nSPS) is 10.7. The molecule has 1 aromatic heterocycles. The second-order valence-electron chi connectivity index (χ2n) is 3.69. The average molecular weight is 332 g/mol. The number of aromatic nitrogens is 2. The van der Waals surface area contributed by atoms with Crippen molar-refractivity contribution in [1.82, 2.24) is 9.36 Å². The molecular formula is C11H10ClN3O3S2. The van der Waals surface area contributed by atoms with Gasteiger partial charge in [-0.2, -0.15) is 4.37 Å². The molecule has 0 spiro atoms. The van der Waals surface area contributed by atoms with Crippen molar-refractivity contribution >= 4 is 40.6 Å². The van der Waals surface area contributed by atoms with Gasteiger partial charge in [-0.15, -0.1) is 0 Å². The topological polar surface area (TPSA) is 78.2 Å². The molecule has 0 saturated carbocycles. The summed E-state index contributed by atoms with van der Waals surface area (Å²) in [5.41, 5.74) is -0.0302. The maximum absolute atomic E-state index is 10.6. The standard InChI is InChI=1S/C11H10ClN3O3S2/c1-18-5-4-10-13-11(20-14-10)19-9-3-2-7(15(16)17)6-8(9)12/h2-3,6H,4-5H2,1H3. The molecule has 2 rings (SSSR count). The summed E-state index contributed by atoms with van der Waals surface area (Å²) < 4.78 is 9.91. The van der Waals surface area contributed by atoms with Gasteiger partial charge < -0.3 is 4.74 Å². The number of non-ortho nitro benzene ring substituents is 1. The molecule has 6 nitrogen and oxygen atoms in total. The van der Waals surface area contributed by atoms with Gasteiger partial charge in [-0.3, -0.25) is 10.1 Å². The van der Waals surface area contributed by atoms with E-state index in [1.165, 1.54) is 35.4 Å². The van der Waals surface area contributed by atoms with Gasteiger partial charge in [-0.1, -0.05) is 23.4 Å². The maximum atomic E-state index is 10.6. The Kier molecular flexibility index (Phi) is 5.30. The molecule has 0 unspecified atom stereocenters. The van der Waals surface area contributed by atoms with Gasteiger partial charge in [0.2, 0.25) is 0 Å². The monoisotopic (exact) mass is 331 g/mol. The average Bonchev–Trinajstić information content (AvgIpc) is 2.86. The Morgan fingerprint density at radius 2 is 2.35 bits per heavy atom. The highest BCUT2D eigenvalue weighted by Crippen LogP contribution is 2.35. The van der Waals surface area contributed by atoms with Crippen LogP contribution in [0.3, 0.4) is 0 Å². The van der Waals surface area contributed by atoms with Gasteiger partial charge in [-0.25, -0.2) is 4.98 Å². The number of nitrogens with zero attached hydrogens (tertiary/aromatic N) is 3. The van der Waals surface area contributed by atoms with E-state index in [2.05, 4.69) is 9.36 Å². The largest absolute Gasteiger partial charge is 0.384 e. The quantitative estimate of drug-likeness (QED) is 0.596. The lowest BCUT2D eigenvalue weighted by Crippen LogP contribution is -1.95. The molecule has 0 aliphatic rings. The van der Waals surface area contributed by atoms with E-state index in [9.17, 15) is 10.1 Å². The molecule has 106 valence electrons. The van der Waals surface area contributed by atoms with Crippen LogP contribution in [0.5, 0.6) is 0 Å². The summed E-state index contributed by atoms with van der Waals surface area (Å²) in [5.74, 6) is 0.720. The SMILES string of the molecule is COCCc1nsc(Sc2ccc([N+](=O)[O-])cc2Cl)n1. The zero-order chi connectivity index (χ0) is 14.5. The van der Waals surface area contributed by atoms with Gasteiger partial charge in [0.1, 0.15) is 5.82 Å². The van der Waals surface area contributed by atoms with E-state index < -0.39 is 4.92 Å². The Labute approximate surface area is 128 Å². The molecule has 20 heavy (non-hydrogen) atoms. The van der Waals surface area contributed by atoms with Gasteiger partial charge >= 0.3 is 0 Å². The van der Waals surface area contributed by atoms with Crippen LogP contribution in [0, 0.1) is 10.1 Å². The van der Waals surface area contributed by atoms with Crippen molar-refractivity contribution in [3.63, 3.8) is 0 Å². The summed E-state index contributed by atoms with van der Waals surface area (Å²) in [6.45, 7) is 0.569. The molecule has 1 heterocycles. The van der Waals surface area contributed by atoms with Crippen LogP contribution in [0.4, 0.5) is 5.69 Å². The molecule has 0 atom stereocenters. The first-order chi connectivity index (χ1) is 9.60. The second kappa shape index (κ2) is 6.98. The van der Waals surface area contributed by atoms with E-state index in [1.807, 2.05) is 0 Å². The minimum atomic E-state index is -0.478. The van der Waals surface area contributed by atoms with E-state index in [0.717, 1.165) is 10.2 Å². The molecule has 0 amide bonds. The van der Waals surface area contributed by atoms with Crippen LogP contribution < -0.4 is 0 Å². The molecule has 1 aromatic carbocycles. The number of methoxy groups -OCH3 is 1. The lowest BCUT2D eigenvalue weighted by Gasteiger charge is -2.00. The van der Waals surface area contributed by atoms with Crippen molar-refractivity contribution < 1.29 is 9.66 Å². The van der Waals surface area contributed by atoms with Crippen molar-refractivity contribution in [3.05, 3.63) is 39.2 Å². The Morgan fingerprint density at radius 3 is 3.00 bits per heavy atom. The fourth-order valence-corrected chi connectivity index (χ4v) is 3.27. The number of halogens is 1. The number of hydrogen-bond acceptors (Lipinski definition) is 7. The molecule has 0 N–H and O–H groups in total. The van der Waals surface area contributed by atoms with Crippen LogP contribution in [-0.4, -0.2) is 28.0 Å². The molecule has 0 saturated heterocycles. The highest BCUT2D eigenvalue weighted by molar-refractivity contribution is 8.01. The first kappa shape index (κ1) is 15.2. The van der Waals surface area contributed by atoms with Crippen molar-refractivity contribution in [3.8, 4) is 0 Å². The third-order valence-corrected chi connectivity index (χ3v) is 4.59. The summed E-state index contributed by atoms with van der Waals surface area (Å²) in [6.07, 6.45) is 0.654. The molecule has 9 heteroatoms. The predicted octanol–water partition coefficient (Wildman–Crippen LogP) is 3.44. The van der Waals surface area contributed by atoms with Crippen molar-refractivity contribution in [2.45, 2.75) is 15.7 Å². The molecule has 2 aromatic rings. The van der Waals surface area contributed by atoms with Crippen LogP contribution in [0.2, 0.25) is 5.02 Å². The van der Waals surface area contributed by atoms with Crippen molar-refractivity contribution in [2.75, 3.05) is 13.7 Å².